The van der Waals surface area contributed by atoms with Gasteiger partial charge in [-0.3, -0.25) is 0 Å². The highest BCUT2D eigenvalue weighted by Gasteiger charge is 2.16. The number of rotatable bonds is 3. The van der Waals surface area contributed by atoms with Gasteiger partial charge < -0.3 is 10.5 Å². The molecule has 1 aliphatic rings. The third-order valence-electron chi connectivity index (χ3n) is 3.77. The second kappa shape index (κ2) is 5.35. The predicted octanol–water partition coefficient (Wildman–Crippen LogP) is 3.73. The normalized spacial score (nSPS) is 13.9. The van der Waals surface area contributed by atoms with Gasteiger partial charge >= 0.3 is 0 Å². The highest BCUT2D eigenvalue weighted by Crippen LogP contribution is 2.33. The number of nitrogen functional groups attached to an aromatic ring is 1. The van der Waals surface area contributed by atoms with E-state index in [9.17, 15) is 0 Å². The SMILES string of the molecule is Nc1ccc(OCc2ccccc2)c2c1CCCC2. The first-order chi connectivity index (χ1) is 9.34. The van der Waals surface area contributed by atoms with E-state index in [0.717, 1.165) is 24.3 Å². The summed E-state index contributed by atoms with van der Waals surface area (Å²) in [7, 11) is 0. The van der Waals surface area contributed by atoms with Crippen LogP contribution in [0.1, 0.15) is 29.5 Å². The van der Waals surface area contributed by atoms with Crippen molar-refractivity contribution in [3.63, 3.8) is 0 Å². The van der Waals surface area contributed by atoms with E-state index in [0.29, 0.717) is 6.61 Å². The van der Waals surface area contributed by atoms with Crippen LogP contribution in [-0.2, 0) is 19.4 Å². The van der Waals surface area contributed by atoms with Gasteiger partial charge in [0.2, 0.25) is 0 Å². The molecule has 0 atom stereocenters. The molecule has 2 aromatic rings. The van der Waals surface area contributed by atoms with Gasteiger partial charge in [-0.2, -0.15) is 0 Å². The zero-order valence-electron chi connectivity index (χ0n) is 11.1. The molecule has 2 nitrogen and oxygen atoms in total. The number of ether oxygens (including phenoxy) is 1. The lowest BCUT2D eigenvalue weighted by Crippen LogP contribution is -2.09. The summed E-state index contributed by atoms with van der Waals surface area (Å²) in [6, 6.07) is 14.3. The van der Waals surface area contributed by atoms with Gasteiger partial charge in [-0.05, 0) is 54.5 Å². The Morgan fingerprint density at radius 2 is 1.63 bits per heavy atom. The van der Waals surface area contributed by atoms with Crippen LogP contribution in [0, 0.1) is 0 Å². The zero-order chi connectivity index (χ0) is 13.1. The van der Waals surface area contributed by atoms with Crippen molar-refractivity contribution >= 4 is 5.69 Å². The molecule has 0 unspecified atom stereocenters. The van der Waals surface area contributed by atoms with E-state index in [1.54, 1.807) is 0 Å². The monoisotopic (exact) mass is 253 g/mol. The first-order valence-electron chi connectivity index (χ1n) is 6.91. The summed E-state index contributed by atoms with van der Waals surface area (Å²) < 4.78 is 5.99. The molecule has 0 aromatic heterocycles. The van der Waals surface area contributed by atoms with Gasteiger partial charge in [-0.25, -0.2) is 0 Å². The van der Waals surface area contributed by atoms with Crippen LogP contribution in [0.15, 0.2) is 42.5 Å². The molecular weight excluding hydrogens is 234 g/mol. The number of benzene rings is 2. The summed E-state index contributed by atoms with van der Waals surface area (Å²) in [5, 5.41) is 0. The highest BCUT2D eigenvalue weighted by atomic mass is 16.5. The van der Waals surface area contributed by atoms with Crippen molar-refractivity contribution in [3.8, 4) is 5.75 Å². The molecule has 0 saturated carbocycles. The Labute approximate surface area is 114 Å². The minimum atomic E-state index is 0.622. The van der Waals surface area contributed by atoms with Gasteiger partial charge in [0.25, 0.3) is 0 Å². The summed E-state index contributed by atoms with van der Waals surface area (Å²) in [5.41, 5.74) is 10.8. The Kier molecular flexibility index (Phi) is 3.41. The van der Waals surface area contributed by atoms with Crippen LogP contribution in [0.3, 0.4) is 0 Å². The fourth-order valence-corrected chi connectivity index (χ4v) is 2.73. The van der Waals surface area contributed by atoms with Crippen molar-refractivity contribution in [2.24, 2.45) is 0 Å². The topological polar surface area (TPSA) is 35.2 Å². The molecular formula is C17H19NO. The van der Waals surface area contributed by atoms with Crippen molar-refractivity contribution in [1.82, 2.24) is 0 Å². The molecule has 0 aliphatic heterocycles. The lowest BCUT2D eigenvalue weighted by Gasteiger charge is -2.21. The van der Waals surface area contributed by atoms with E-state index in [1.165, 1.54) is 29.5 Å². The molecule has 2 heteroatoms. The molecule has 0 heterocycles. The summed E-state index contributed by atoms with van der Waals surface area (Å²) in [6.07, 6.45) is 4.64. The Hall–Kier alpha value is -1.96. The average Bonchev–Trinajstić information content (AvgIpc) is 2.48. The van der Waals surface area contributed by atoms with Gasteiger partial charge in [-0.15, -0.1) is 0 Å². The van der Waals surface area contributed by atoms with Crippen molar-refractivity contribution < 1.29 is 4.74 Å². The molecule has 0 saturated heterocycles. The van der Waals surface area contributed by atoms with Crippen molar-refractivity contribution in [2.75, 3.05) is 5.73 Å². The van der Waals surface area contributed by atoms with E-state index in [2.05, 4.69) is 12.1 Å². The zero-order valence-corrected chi connectivity index (χ0v) is 11.1. The minimum Gasteiger partial charge on any atom is -0.489 e. The molecule has 19 heavy (non-hydrogen) atoms. The van der Waals surface area contributed by atoms with Gasteiger partial charge in [0.15, 0.2) is 0 Å². The molecule has 0 radical (unpaired) electrons. The third kappa shape index (κ3) is 2.58. The number of anilines is 1. The molecule has 1 aliphatic carbocycles. The first kappa shape index (κ1) is 12.1. The number of hydrogen-bond donors (Lipinski definition) is 1. The maximum Gasteiger partial charge on any atom is 0.123 e. The van der Waals surface area contributed by atoms with Crippen LogP contribution < -0.4 is 10.5 Å². The smallest absolute Gasteiger partial charge is 0.123 e. The fraction of sp³-hybridized carbons (Fsp3) is 0.294. The van der Waals surface area contributed by atoms with Gasteiger partial charge in [0.1, 0.15) is 12.4 Å². The third-order valence-corrected chi connectivity index (χ3v) is 3.77. The van der Waals surface area contributed by atoms with Gasteiger partial charge in [0.05, 0.1) is 0 Å². The minimum absolute atomic E-state index is 0.622. The van der Waals surface area contributed by atoms with Gasteiger partial charge in [-0.1, -0.05) is 30.3 Å². The van der Waals surface area contributed by atoms with Crippen LogP contribution in [0.4, 0.5) is 5.69 Å². The molecule has 2 aromatic carbocycles. The highest BCUT2D eigenvalue weighted by molar-refractivity contribution is 5.57. The summed E-state index contributed by atoms with van der Waals surface area (Å²) in [4.78, 5) is 0. The predicted molar refractivity (Wildman–Crippen MR) is 78.3 cm³/mol. The number of fused-ring (bicyclic) bond motifs is 1. The summed E-state index contributed by atoms with van der Waals surface area (Å²) >= 11 is 0. The Morgan fingerprint density at radius 1 is 0.895 bits per heavy atom. The van der Waals surface area contributed by atoms with Crippen LogP contribution >= 0.6 is 0 Å². The number of nitrogens with two attached hydrogens (primary N) is 1. The number of hydrogen-bond acceptors (Lipinski definition) is 2. The second-order valence-electron chi connectivity index (χ2n) is 5.09. The summed E-state index contributed by atoms with van der Waals surface area (Å²) in [5.74, 6) is 1.01. The van der Waals surface area contributed by atoms with Crippen molar-refractivity contribution in [3.05, 3.63) is 59.2 Å². The van der Waals surface area contributed by atoms with E-state index < -0.39 is 0 Å². The van der Waals surface area contributed by atoms with Crippen LogP contribution in [0.25, 0.3) is 0 Å². The van der Waals surface area contributed by atoms with E-state index in [-0.39, 0.29) is 0 Å². The van der Waals surface area contributed by atoms with E-state index in [1.807, 2.05) is 30.3 Å². The molecule has 0 bridgehead atoms. The molecule has 2 N–H and O–H groups in total. The van der Waals surface area contributed by atoms with E-state index >= 15 is 0 Å². The quantitative estimate of drug-likeness (QED) is 0.846. The molecule has 0 fully saturated rings. The van der Waals surface area contributed by atoms with E-state index in [4.69, 9.17) is 10.5 Å². The first-order valence-corrected chi connectivity index (χ1v) is 6.91. The lowest BCUT2D eigenvalue weighted by molar-refractivity contribution is 0.301. The van der Waals surface area contributed by atoms with Gasteiger partial charge in [0, 0.05) is 5.69 Å². The average molecular weight is 253 g/mol. The largest absolute Gasteiger partial charge is 0.489 e. The Bertz CT molecular complexity index is 563. The van der Waals surface area contributed by atoms with Crippen molar-refractivity contribution in [2.45, 2.75) is 32.3 Å². The lowest BCUT2D eigenvalue weighted by atomic mass is 9.90. The Balaban J connectivity index is 1.81. The fourth-order valence-electron chi connectivity index (χ4n) is 2.73. The second-order valence-corrected chi connectivity index (χ2v) is 5.09. The van der Waals surface area contributed by atoms with Crippen molar-refractivity contribution in [1.29, 1.82) is 0 Å². The van der Waals surface area contributed by atoms with Crippen LogP contribution in [0.5, 0.6) is 5.75 Å². The molecule has 0 amide bonds. The molecule has 98 valence electrons. The standard InChI is InChI=1S/C17H19NO/c18-16-10-11-17(15-9-5-4-8-14(15)16)19-12-13-6-2-1-3-7-13/h1-3,6-7,10-11H,4-5,8-9,12,18H2. The maximum absolute atomic E-state index is 6.06. The molecule has 3 rings (SSSR count). The molecule has 0 spiro atoms. The van der Waals surface area contributed by atoms with Crippen LogP contribution in [-0.4, -0.2) is 0 Å². The summed E-state index contributed by atoms with van der Waals surface area (Å²) in [6.45, 7) is 0.622. The Morgan fingerprint density at radius 3 is 2.42 bits per heavy atom. The maximum atomic E-state index is 6.06. The van der Waals surface area contributed by atoms with Crippen LogP contribution in [0.2, 0.25) is 0 Å².